The van der Waals surface area contributed by atoms with E-state index >= 15 is 0 Å². The minimum atomic E-state index is 0.286. The lowest BCUT2D eigenvalue weighted by Gasteiger charge is -2.46. The highest BCUT2D eigenvalue weighted by atomic mass is 16.2. The molecule has 1 unspecified atom stereocenters. The summed E-state index contributed by atoms with van der Waals surface area (Å²) in [5, 5.41) is 13.5. The summed E-state index contributed by atoms with van der Waals surface area (Å²) in [6, 6.07) is 4.93. The number of aromatic nitrogens is 4. The van der Waals surface area contributed by atoms with Crippen LogP contribution in [0.2, 0.25) is 0 Å². The fourth-order valence-corrected chi connectivity index (χ4v) is 4.56. The van der Waals surface area contributed by atoms with Gasteiger partial charge in [-0.2, -0.15) is 4.52 Å². The van der Waals surface area contributed by atoms with Crippen molar-refractivity contribution in [3.63, 3.8) is 0 Å². The number of carbonyl (C=O) groups is 1. The van der Waals surface area contributed by atoms with Gasteiger partial charge in [-0.05, 0) is 44.9 Å². The third-order valence-electron chi connectivity index (χ3n) is 6.92. The fraction of sp³-hybridized carbons (Fsp3) is 0.700. The predicted molar refractivity (Wildman–Crippen MR) is 106 cm³/mol. The summed E-state index contributed by atoms with van der Waals surface area (Å²) in [5.74, 6) is 2.82. The Labute approximate surface area is 165 Å². The molecule has 3 fully saturated rings. The zero-order valence-corrected chi connectivity index (χ0v) is 16.8. The molecule has 8 nitrogen and oxygen atoms in total. The van der Waals surface area contributed by atoms with Crippen LogP contribution in [0.25, 0.3) is 5.65 Å². The number of fused-ring (bicyclic) bond motifs is 1. The van der Waals surface area contributed by atoms with Gasteiger partial charge in [0.1, 0.15) is 5.82 Å². The minimum Gasteiger partial charge on any atom is -0.352 e. The largest absolute Gasteiger partial charge is 0.352 e. The zero-order valence-electron chi connectivity index (χ0n) is 16.8. The third kappa shape index (κ3) is 3.03. The summed E-state index contributed by atoms with van der Waals surface area (Å²) in [4.78, 5) is 18.6. The van der Waals surface area contributed by atoms with Gasteiger partial charge in [0, 0.05) is 51.1 Å². The molecule has 8 heteroatoms. The Bertz CT molecular complexity index is 871. The van der Waals surface area contributed by atoms with Crippen molar-refractivity contribution in [3.8, 4) is 0 Å². The van der Waals surface area contributed by atoms with Crippen LogP contribution in [0.3, 0.4) is 0 Å². The van der Waals surface area contributed by atoms with Crippen LogP contribution in [0.15, 0.2) is 12.1 Å². The van der Waals surface area contributed by atoms with Crippen molar-refractivity contribution in [1.29, 1.82) is 0 Å². The van der Waals surface area contributed by atoms with E-state index in [1.165, 1.54) is 19.3 Å². The third-order valence-corrected chi connectivity index (χ3v) is 6.92. The molecule has 2 aromatic rings. The summed E-state index contributed by atoms with van der Waals surface area (Å²) < 4.78 is 1.94. The summed E-state index contributed by atoms with van der Waals surface area (Å²) in [7, 11) is 4.13. The standard InChI is InChI=1S/C20H29N7O/c1-24(11-15-7-4-8-19(28)25(15)2)16-12-26(13-16)18-10-9-17-21-22-20(27(17)23-18)14-5-3-6-14/h9-10,14-16H,3-8,11-13H2,1-2H3. The first-order valence-electron chi connectivity index (χ1n) is 10.5. The fourth-order valence-electron chi connectivity index (χ4n) is 4.56. The van der Waals surface area contributed by atoms with Crippen molar-refractivity contribution in [1.82, 2.24) is 29.6 Å². The SMILES string of the molecule is CN(CC1CCCC(=O)N1C)C1CN(c2ccc3nnc(C4CCC4)n3n2)C1. The normalized spacial score (nSPS) is 24.1. The molecule has 0 spiro atoms. The van der Waals surface area contributed by atoms with Gasteiger partial charge in [0.05, 0.1) is 0 Å². The number of piperidine rings is 1. The molecular formula is C20H29N7O. The van der Waals surface area contributed by atoms with Crippen molar-refractivity contribution in [2.75, 3.05) is 38.6 Å². The van der Waals surface area contributed by atoms with Crippen LogP contribution < -0.4 is 4.90 Å². The van der Waals surface area contributed by atoms with Gasteiger partial charge in [0.25, 0.3) is 0 Å². The van der Waals surface area contributed by atoms with E-state index in [1.807, 2.05) is 22.5 Å². The predicted octanol–water partition coefficient (Wildman–Crippen LogP) is 1.52. The van der Waals surface area contributed by atoms with Crippen LogP contribution >= 0.6 is 0 Å². The number of anilines is 1. The number of hydrogen-bond acceptors (Lipinski definition) is 6. The Hall–Kier alpha value is -2.22. The highest BCUT2D eigenvalue weighted by molar-refractivity contribution is 5.76. The number of likely N-dealkylation sites (tertiary alicyclic amines) is 1. The highest BCUT2D eigenvalue weighted by Gasteiger charge is 2.34. The molecule has 2 saturated heterocycles. The van der Waals surface area contributed by atoms with Gasteiger partial charge in [-0.15, -0.1) is 15.3 Å². The average Bonchev–Trinajstić information content (AvgIpc) is 2.99. The van der Waals surface area contributed by atoms with E-state index in [2.05, 4.69) is 33.1 Å². The molecule has 0 N–H and O–H groups in total. The van der Waals surface area contributed by atoms with Crippen LogP contribution in [0.1, 0.15) is 50.3 Å². The molecule has 150 valence electrons. The maximum atomic E-state index is 11.9. The topological polar surface area (TPSA) is 69.9 Å². The molecule has 4 heterocycles. The highest BCUT2D eigenvalue weighted by Crippen LogP contribution is 2.35. The molecule has 0 bridgehead atoms. The number of nitrogens with zero attached hydrogens (tertiary/aromatic N) is 7. The maximum Gasteiger partial charge on any atom is 0.222 e. The molecule has 1 amide bonds. The Morgan fingerprint density at radius 3 is 2.71 bits per heavy atom. The minimum absolute atomic E-state index is 0.286. The van der Waals surface area contributed by atoms with Gasteiger partial charge >= 0.3 is 0 Å². The van der Waals surface area contributed by atoms with E-state index in [4.69, 9.17) is 5.10 Å². The number of likely N-dealkylation sites (N-methyl/N-ethyl adjacent to an activating group) is 2. The first-order chi connectivity index (χ1) is 13.6. The first-order valence-corrected chi connectivity index (χ1v) is 10.5. The zero-order chi connectivity index (χ0) is 19.3. The van der Waals surface area contributed by atoms with Crippen LogP contribution in [0.4, 0.5) is 5.82 Å². The van der Waals surface area contributed by atoms with Crippen molar-refractivity contribution < 1.29 is 4.79 Å². The molecular weight excluding hydrogens is 354 g/mol. The Kier molecular flexibility index (Phi) is 4.45. The summed E-state index contributed by atoms with van der Waals surface area (Å²) in [6.07, 6.45) is 6.50. The van der Waals surface area contributed by atoms with Crippen LogP contribution in [0, 0.1) is 0 Å². The van der Waals surface area contributed by atoms with Crippen LogP contribution in [-0.2, 0) is 4.79 Å². The molecule has 0 radical (unpaired) electrons. The van der Waals surface area contributed by atoms with Crippen LogP contribution in [-0.4, -0.2) is 81.3 Å². The van der Waals surface area contributed by atoms with Crippen LogP contribution in [0.5, 0.6) is 0 Å². The molecule has 3 aliphatic rings. The van der Waals surface area contributed by atoms with Crippen molar-refractivity contribution in [2.45, 2.75) is 56.5 Å². The van der Waals surface area contributed by atoms with Gasteiger partial charge in [0.15, 0.2) is 11.5 Å². The average molecular weight is 384 g/mol. The second-order valence-electron chi connectivity index (χ2n) is 8.70. The van der Waals surface area contributed by atoms with E-state index < -0.39 is 0 Å². The van der Waals surface area contributed by atoms with E-state index in [0.717, 1.165) is 49.8 Å². The second-order valence-corrected chi connectivity index (χ2v) is 8.70. The van der Waals surface area contributed by atoms with Crippen molar-refractivity contribution in [3.05, 3.63) is 18.0 Å². The number of carbonyl (C=O) groups excluding carboxylic acids is 1. The molecule has 1 aliphatic carbocycles. The second kappa shape index (κ2) is 6.99. The number of rotatable bonds is 5. The lowest BCUT2D eigenvalue weighted by atomic mass is 9.85. The number of hydrogen-bond donors (Lipinski definition) is 0. The molecule has 2 aliphatic heterocycles. The molecule has 2 aromatic heterocycles. The summed E-state index contributed by atoms with van der Waals surface area (Å²) in [6.45, 7) is 2.89. The smallest absolute Gasteiger partial charge is 0.222 e. The first kappa shape index (κ1) is 17.8. The molecule has 28 heavy (non-hydrogen) atoms. The Balaban J connectivity index is 1.22. The quantitative estimate of drug-likeness (QED) is 0.780. The van der Waals surface area contributed by atoms with Gasteiger partial charge in [-0.25, -0.2) is 0 Å². The Morgan fingerprint density at radius 1 is 1.14 bits per heavy atom. The molecule has 5 rings (SSSR count). The van der Waals surface area contributed by atoms with Gasteiger partial charge in [0.2, 0.25) is 5.91 Å². The lowest BCUT2D eigenvalue weighted by molar-refractivity contribution is -0.135. The van der Waals surface area contributed by atoms with Crippen molar-refractivity contribution >= 4 is 17.4 Å². The summed E-state index contributed by atoms with van der Waals surface area (Å²) >= 11 is 0. The molecule has 1 atom stereocenters. The molecule has 1 saturated carbocycles. The maximum absolute atomic E-state index is 11.9. The number of amides is 1. The monoisotopic (exact) mass is 383 g/mol. The van der Waals surface area contributed by atoms with Gasteiger partial charge in [-0.3, -0.25) is 9.69 Å². The molecule has 0 aromatic carbocycles. The van der Waals surface area contributed by atoms with Gasteiger partial charge < -0.3 is 9.80 Å². The van der Waals surface area contributed by atoms with E-state index in [1.54, 1.807) is 0 Å². The van der Waals surface area contributed by atoms with Gasteiger partial charge in [-0.1, -0.05) is 6.42 Å². The Morgan fingerprint density at radius 2 is 1.96 bits per heavy atom. The summed E-state index contributed by atoms with van der Waals surface area (Å²) in [5.41, 5.74) is 0.838. The lowest BCUT2D eigenvalue weighted by Crippen LogP contribution is -2.61. The van der Waals surface area contributed by atoms with Crippen molar-refractivity contribution in [2.24, 2.45) is 0 Å². The van der Waals surface area contributed by atoms with E-state index in [0.29, 0.717) is 24.4 Å². The van der Waals surface area contributed by atoms with E-state index in [9.17, 15) is 4.79 Å². The van der Waals surface area contributed by atoms with E-state index in [-0.39, 0.29) is 5.91 Å².